The fourth-order valence-electron chi connectivity index (χ4n) is 0.908. The molecule has 0 fully saturated rings. The number of hydrogen-bond acceptors (Lipinski definition) is 6. The molecule has 0 aliphatic heterocycles. The number of halogens is 1. The van der Waals surface area contributed by atoms with Crippen molar-refractivity contribution in [2.75, 3.05) is 6.54 Å². The van der Waals surface area contributed by atoms with Crippen LogP contribution in [0, 0.1) is 21.4 Å². The number of nitro groups is 1. The van der Waals surface area contributed by atoms with Crippen LogP contribution in [0.3, 0.4) is 0 Å². The Bertz CT molecular complexity index is 574. The highest BCUT2D eigenvalue weighted by molar-refractivity contribution is 7.91. The van der Waals surface area contributed by atoms with Gasteiger partial charge < -0.3 is 0 Å². The highest BCUT2D eigenvalue weighted by Gasteiger charge is 2.24. The smallest absolute Gasteiger partial charge is 0.258 e. The minimum Gasteiger partial charge on any atom is -0.258 e. The van der Waals surface area contributed by atoms with Crippen molar-refractivity contribution in [2.24, 2.45) is 0 Å². The second-order valence-electron chi connectivity index (χ2n) is 2.79. The van der Waals surface area contributed by atoms with Crippen molar-refractivity contribution >= 4 is 38.6 Å². The van der Waals surface area contributed by atoms with Gasteiger partial charge in [0.05, 0.1) is 11.0 Å². The van der Waals surface area contributed by atoms with Crippen LogP contribution >= 0.6 is 22.9 Å². The van der Waals surface area contributed by atoms with Crippen LogP contribution in [0.25, 0.3) is 0 Å². The third-order valence-corrected chi connectivity index (χ3v) is 4.91. The van der Waals surface area contributed by atoms with Crippen molar-refractivity contribution in [2.45, 2.75) is 10.6 Å². The van der Waals surface area contributed by atoms with Crippen molar-refractivity contribution in [3.63, 3.8) is 0 Å². The first-order chi connectivity index (χ1) is 7.88. The Hall–Kier alpha value is -1.21. The Kier molecular flexibility index (Phi) is 4.41. The predicted molar refractivity (Wildman–Crippen MR) is 61.4 cm³/mol. The summed E-state index contributed by atoms with van der Waals surface area (Å²) in [6.07, 6.45) is 0.0143. The molecule has 0 aromatic carbocycles. The first-order valence-corrected chi connectivity index (χ1v) is 6.86. The van der Waals surface area contributed by atoms with Crippen molar-refractivity contribution < 1.29 is 13.3 Å². The summed E-state index contributed by atoms with van der Waals surface area (Å²) in [4.78, 5) is 9.74. The average molecular weight is 296 g/mol. The van der Waals surface area contributed by atoms with Crippen molar-refractivity contribution in [1.82, 2.24) is 4.72 Å². The molecule has 0 unspecified atom stereocenters. The van der Waals surface area contributed by atoms with E-state index in [-0.39, 0.29) is 21.5 Å². The third kappa shape index (κ3) is 3.37. The molecule has 0 atom stereocenters. The van der Waals surface area contributed by atoms with Gasteiger partial charge in [-0.1, -0.05) is 11.6 Å². The van der Waals surface area contributed by atoms with E-state index in [4.69, 9.17) is 16.9 Å². The Morgan fingerprint density at radius 3 is 2.76 bits per heavy atom. The molecule has 0 aliphatic rings. The molecule has 1 aromatic rings. The van der Waals surface area contributed by atoms with Crippen LogP contribution in [0.4, 0.5) is 5.69 Å². The van der Waals surface area contributed by atoms with Gasteiger partial charge in [0.2, 0.25) is 10.0 Å². The Labute approximate surface area is 106 Å². The second kappa shape index (κ2) is 5.42. The SMILES string of the molecule is N#CCCNS(=O)(=O)c1cc([N+](=O)[O-])c(Cl)s1. The monoisotopic (exact) mass is 295 g/mol. The van der Waals surface area contributed by atoms with E-state index in [0.29, 0.717) is 11.3 Å². The Morgan fingerprint density at radius 2 is 2.29 bits per heavy atom. The molecule has 7 nitrogen and oxygen atoms in total. The summed E-state index contributed by atoms with van der Waals surface area (Å²) in [6.45, 7) is -0.0534. The minimum atomic E-state index is -3.84. The Balaban J connectivity index is 2.97. The van der Waals surface area contributed by atoms with E-state index in [1.54, 1.807) is 6.07 Å². The molecule has 0 radical (unpaired) electrons. The van der Waals surface area contributed by atoms with E-state index in [1.165, 1.54) is 0 Å². The van der Waals surface area contributed by atoms with Gasteiger partial charge in [-0.15, -0.1) is 11.3 Å². The molecule has 0 spiro atoms. The number of nitrogens with zero attached hydrogens (tertiary/aromatic N) is 2. The minimum absolute atomic E-state index is 0.0143. The van der Waals surface area contributed by atoms with Gasteiger partial charge in [0.25, 0.3) is 5.69 Å². The van der Waals surface area contributed by atoms with E-state index >= 15 is 0 Å². The number of thiophene rings is 1. The zero-order valence-corrected chi connectivity index (χ0v) is 10.6. The van der Waals surface area contributed by atoms with E-state index < -0.39 is 20.6 Å². The van der Waals surface area contributed by atoms with E-state index in [0.717, 1.165) is 6.07 Å². The maximum atomic E-state index is 11.6. The normalized spacial score (nSPS) is 11.1. The van der Waals surface area contributed by atoms with Gasteiger partial charge in [0.15, 0.2) is 4.34 Å². The fourth-order valence-corrected chi connectivity index (χ4v) is 3.65. The highest BCUT2D eigenvalue weighted by Crippen LogP contribution is 2.35. The summed E-state index contributed by atoms with van der Waals surface area (Å²) in [6, 6.07) is 2.66. The number of hydrogen-bond donors (Lipinski definition) is 1. The largest absolute Gasteiger partial charge is 0.300 e. The van der Waals surface area contributed by atoms with Crippen molar-refractivity contribution in [3.8, 4) is 6.07 Å². The van der Waals surface area contributed by atoms with Crippen molar-refractivity contribution in [1.29, 1.82) is 5.26 Å². The summed E-state index contributed by atoms with van der Waals surface area (Å²) in [7, 11) is -3.84. The van der Waals surface area contributed by atoms with Gasteiger partial charge >= 0.3 is 0 Å². The molecule has 0 bridgehead atoms. The fraction of sp³-hybridized carbons (Fsp3) is 0.286. The Morgan fingerprint density at radius 1 is 1.65 bits per heavy atom. The molecule has 17 heavy (non-hydrogen) atoms. The molecule has 1 N–H and O–H groups in total. The average Bonchev–Trinajstić information content (AvgIpc) is 2.61. The highest BCUT2D eigenvalue weighted by atomic mass is 35.5. The molecule has 0 aliphatic carbocycles. The summed E-state index contributed by atoms with van der Waals surface area (Å²) < 4.78 is 24.9. The molecule has 1 aromatic heterocycles. The van der Waals surface area contributed by atoms with Gasteiger partial charge in [-0.2, -0.15) is 5.26 Å². The molecule has 92 valence electrons. The van der Waals surface area contributed by atoms with E-state index in [9.17, 15) is 18.5 Å². The van der Waals surface area contributed by atoms with Gasteiger partial charge in [-0.3, -0.25) is 10.1 Å². The number of nitrogens with one attached hydrogen (secondary N) is 1. The van der Waals surface area contributed by atoms with Crippen molar-refractivity contribution in [3.05, 3.63) is 20.5 Å². The summed E-state index contributed by atoms with van der Waals surface area (Å²) in [5.41, 5.74) is -0.447. The predicted octanol–water partition coefficient (Wildman–Crippen LogP) is 1.50. The summed E-state index contributed by atoms with van der Waals surface area (Å²) in [5, 5.41) is 18.8. The number of sulfonamides is 1. The quantitative estimate of drug-likeness (QED) is 0.502. The zero-order valence-electron chi connectivity index (χ0n) is 8.21. The van der Waals surface area contributed by atoms with Crippen LogP contribution in [-0.2, 0) is 10.0 Å². The zero-order chi connectivity index (χ0) is 13.1. The van der Waals surface area contributed by atoms with Crippen LogP contribution in [0.5, 0.6) is 0 Å². The van der Waals surface area contributed by atoms with Gasteiger partial charge in [0, 0.05) is 19.0 Å². The maximum absolute atomic E-state index is 11.6. The molecule has 0 saturated carbocycles. The lowest BCUT2D eigenvalue weighted by atomic mass is 10.5. The maximum Gasteiger partial charge on any atom is 0.300 e. The summed E-state index contributed by atoms with van der Waals surface area (Å²) in [5.74, 6) is 0. The molecule has 1 heterocycles. The van der Waals surface area contributed by atoms with Crippen LogP contribution in [0.15, 0.2) is 10.3 Å². The lowest BCUT2D eigenvalue weighted by molar-refractivity contribution is -0.384. The first-order valence-electron chi connectivity index (χ1n) is 4.19. The summed E-state index contributed by atoms with van der Waals surface area (Å²) >= 11 is 6.14. The lowest BCUT2D eigenvalue weighted by Crippen LogP contribution is -2.23. The van der Waals surface area contributed by atoms with Crippen LogP contribution in [0.2, 0.25) is 4.34 Å². The molecule has 10 heteroatoms. The standard InChI is InChI=1S/C7H6ClN3O4S2/c8-7-5(11(12)13)4-6(16-7)17(14,15)10-3-1-2-9/h4,10H,1,3H2. The third-order valence-electron chi connectivity index (χ3n) is 1.64. The first kappa shape index (κ1) is 13.9. The number of nitriles is 1. The van der Waals surface area contributed by atoms with Crippen LogP contribution in [0.1, 0.15) is 6.42 Å². The number of rotatable bonds is 5. The molecule has 0 amide bonds. The van der Waals surface area contributed by atoms with Crippen LogP contribution in [-0.4, -0.2) is 19.9 Å². The van der Waals surface area contributed by atoms with Gasteiger partial charge in [0.1, 0.15) is 4.21 Å². The second-order valence-corrected chi connectivity index (χ2v) is 6.44. The van der Waals surface area contributed by atoms with Crippen LogP contribution < -0.4 is 4.72 Å². The lowest BCUT2D eigenvalue weighted by Gasteiger charge is -2.00. The van der Waals surface area contributed by atoms with Gasteiger partial charge in [-0.25, -0.2) is 13.1 Å². The van der Waals surface area contributed by atoms with Gasteiger partial charge in [-0.05, 0) is 0 Å². The van der Waals surface area contributed by atoms with E-state index in [2.05, 4.69) is 4.72 Å². The van der Waals surface area contributed by atoms with E-state index in [1.807, 2.05) is 0 Å². The molecular weight excluding hydrogens is 290 g/mol. The molecule has 1 rings (SSSR count). The molecular formula is C7H6ClN3O4S2. The molecule has 0 saturated heterocycles. The topological polar surface area (TPSA) is 113 Å².